The van der Waals surface area contributed by atoms with Crippen LogP contribution in [-0.2, 0) is 11.3 Å². The lowest BCUT2D eigenvalue weighted by Crippen LogP contribution is -2.13. The van der Waals surface area contributed by atoms with E-state index >= 15 is 0 Å². The quantitative estimate of drug-likeness (QED) is 0.470. The van der Waals surface area contributed by atoms with Gasteiger partial charge in [0.2, 0.25) is 0 Å². The molecule has 1 aromatic heterocycles. The Bertz CT molecular complexity index is 1060. The van der Waals surface area contributed by atoms with Gasteiger partial charge >= 0.3 is 0 Å². The van der Waals surface area contributed by atoms with Gasteiger partial charge < -0.3 is 5.32 Å². The summed E-state index contributed by atoms with van der Waals surface area (Å²) in [5.74, 6) is -0.505. The summed E-state index contributed by atoms with van der Waals surface area (Å²) in [5.41, 5.74) is 2.69. The first-order chi connectivity index (χ1) is 13.5. The zero-order valence-corrected chi connectivity index (χ0v) is 16.5. The number of nitriles is 1. The summed E-state index contributed by atoms with van der Waals surface area (Å²) in [4.78, 5) is 12.4. The zero-order valence-electron chi connectivity index (χ0n) is 15.0. The van der Waals surface area contributed by atoms with E-state index in [1.54, 1.807) is 48.0 Å². The summed E-state index contributed by atoms with van der Waals surface area (Å²) in [6, 6.07) is 18.2. The summed E-state index contributed by atoms with van der Waals surface area (Å²) < 4.78 is 1.62. The molecule has 0 aliphatic heterocycles. The molecule has 1 heterocycles. The maximum atomic E-state index is 12.4. The van der Waals surface area contributed by atoms with Crippen LogP contribution in [0, 0.1) is 18.3 Å². The topological polar surface area (TPSA) is 70.7 Å². The molecule has 140 valence electrons. The number of aryl methyl sites for hydroxylation is 1. The molecular weight excluding hydrogens is 395 g/mol. The van der Waals surface area contributed by atoms with E-state index in [1.807, 2.05) is 24.3 Å². The largest absolute Gasteiger partial charge is 0.321 e. The molecule has 0 atom stereocenters. The van der Waals surface area contributed by atoms with E-state index in [1.165, 1.54) is 6.08 Å². The number of amides is 1. The second-order valence-corrected chi connectivity index (χ2v) is 6.86. The fraction of sp³-hybridized carbons (Fsp3) is 0.0952. The molecule has 3 rings (SSSR count). The Hall–Kier alpha value is -3.07. The van der Waals surface area contributed by atoms with Crippen LogP contribution in [-0.4, -0.2) is 15.7 Å². The zero-order chi connectivity index (χ0) is 20.1. The standard InChI is InChI=1S/C21H16Cl2N4O/c1-14-19(11-16(12-24)21(28)25-18-5-3-2-4-6-18)20(23)27(26-14)13-15-7-9-17(22)10-8-15/h2-11H,13H2,1H3,(H,25,28)/b16-11+. The molecule has 0 saturated heterocycles. The summed E-state index contributed by atoms with van der Waals surface area (Å²) >= 11 is 12.4. The van der Waals surface area contributed by atoms with Gasteiger partial charge in [-0.05, 0) is 42.8 Å². The van der Waals surface area contributed by atoms with Gasteiger partial charge in [-0.25, -0.2) is 4.68 Å². The lowest BCUT2D eigenvalue weighted by Gasteiger charge is -2.05. The van der Waals surface area contributed by atoms with Crippen LogP contribution < -0.4 is 5.32 Å². The first-order valence-corrected chi connectivity index (χ1v) is 9.19. The van der Waals surface area contributed by atoms with Gasteiger partial charge in [0.05, 0.1) is 12.2 Å². The minimum absolute atomic E-state index is 0.0557. The molecule has 0 spiro atoms. The SMILES string of the molecule is Cc1nn(Cc2ccc(Cl)cc2)c(Cl)c1/C=C(\C#N)C(=O)Nc1ccccc1. The lowest BCUT2D eigenvalue weighted by atomic mass is 10.1. The third-order valence-electron chi connectivity index (χ3n) is 4.04. The highest BCUT2D eigenvalue weighted by atomic mass is 35.5. The van der Waals surface area contributed by atoms with E-state index in [9.17, 15) is 10.1 Å². The summed E-state index contributed by atoms with van der Waals surface area (Å²) in [6.07, 6.45) is 1.46. The van der Waals surface area contributed by atoms with Crippen LogP contribution in [0.15, 0.2) is 60.2 Å². The number of rotatable bonds is 5. The molecule has 7 heteroatoms. The van der Waals surface area contributed by atoms with Crippen LogP contribution in [0.25, 0.3) is 6.08 Å². The highest BCUT2D eigenvalue weighted by Gasteiger charge is 2.16. The average molecular weight is 411 g/mol. The maximum Gasteiger partial charge on any atom is 0.266 e. The number of benzene rings is 2. The molecule has 5 nitrogen and oxygen atoms in total. The maximum absolute atomic E-state index is 12.4. The Morgan fingerprint density at radius 3 is 2.50 bits per heavy atom. The van der Waals surface area contributed by atoms with Crippen molar-refractivity contribution >= 4 is 40.9 Å². The number of carbonyl (C=O) groups excluding carboxylic acids is 1. The lowest BCUT2D eigenvalue weighted by molar-refractivity contribution is -0.112. The van der Waals surface area contributed by atoms with Crippen molar-refractivity contribution in [2.24, 2.45) is 0 Å². The van der Waals surface area contributed by atoms with Crippen LogP contribution >= 0.6 is 23.2 Å². The predicted molar refractivity (Wildman–Crippen MR) is 111 cm³/mol. The monoisotopic (exact) mass is 410 g/mol. The number of nitrogens with zero attached hydrogens (tertiary/aromatic N) is 3. The fourth-order valence-electron chi connectivity index (χ4n) is 2.61. The second kappa shape index (κ2) is 8.75. The van der Waals surface area contributed by atoms with Gasteiger partial charge in [0, 0.05) is 16.3 Å². The number of para-hydroxylation sites is 1. The Kier molecular flexibility index (Phi) is 6.15. The van der Waals surface area contributed by atoms with Gasteiger partial charge in [-0.2, -0.15) is 10.4 Å². The van der Waals surface area contributed by atoms with E-state index in [2.05, 4.69) is 10.4 Å². The number of halogens is 2. The first kappa shape index (κ1) is 19.7. The number of anilines is 1. The highest BCUT2D eigenvalue weighted by Crippen LogP contribution is 2.24. The molecule has 1 amide bonds. The van der Waals surface area contributed by atoms with Crippen molar-refractivity contribution in [1.29, 1.82) is 5.26 Å². The van der Waals surface area contributed by atoms with Gasteiger partial charge in [0.15, 0.2) is 0 Å². The van der Waals surface area contributed by atoms with Crippen molar-refractivity contribution in [1.82, 2.24) is 9.78 Å². The molecule has 0 radical (unpaired) electrons. The van der Waals surface area contributed by atoms with Gasteiger partial charge in [-0.1, -0.05) is 53.5 Å². The second-order valence-electron chi connectivity index (χ2n) is 6.06. The van der Waals surface area contributed by atoms with Crippen molar-refractivity contribution in [2.75, 3.05) is 5.32 Å². The molecule has 0 aliphatic rings. The van der Waals surface area contributed by atoms with Crippen molar-refractivity contribution < 1.29 is 4.79 Å². The molecule has 1 N–H and O–H groups in total. The van der Waals surface area contributed by atoms with Crippen LogP contribution in [0.1, 0.15) is 16.8 Å². The predicted octanol–water partition coefficient (Wildman–Crippen LogP) is 5.09. The summed E-state index contributed by atoms with van der Waals surface area (Å²) in [5, 5.41) is 17.5. The fourth-order valence-corrected chi connectivity index (χ4v) is 3.03. The Labute approximate surface area is 172 Å². The molecule has 3 aromatic rings. The van der Waals surface area contributed by atoms with Crippen LogP contribution in [0.2, 0.25) is 10.2 Å². The highest BCUT2D eigenvalue weighted by molar-refractivity contribution is 6.31. The van der Waals surface area contributed by atoms with Crippen LogP contribution in [0.4, 0.5) is 5.69 Å². The number of nitrogens with one attached hydrogen (secondary N) is 1. The smallest absolute Gasteiger partial charge is 0.266 e. The minimum Gasteiger partial charge on any atom is -0.321 e. The molecule has 0 saturated carbocycles. The Balaban J connectivity index is 1.85. The van der Waals surface area contributed by atoms with Crippen LogP contribution in [0.3, 0.4) is 0 Å². The molecule has 0 aliphatic carbocycles. The molecule has 2 aromatic carbocycles. The van der Waals surface area contributed by atoms with Gasteiger partial charge in [-0.3, -0.25) is 4.79 Å². The van der Waals surface area contributed by atoms with Crippen molar-refractivity contribution in [2.45, 2.75) is 13.5 Å². The van der Waals surface area contributed by atoms with Crippen molar-refractivity contribution in [3.63, 3.8) is 0 Å². The third kappa shape index (κ3) is 4.61. The van der Waals surface area contributed by atoms with E-state index in [0.717, 1.165) is 5.56 Å². The van der Waals surface area contributed by atoms with E-state index in [0.29, 0.717) is 33.7 Å². The average Bonchev–Trinajstić information content (AvgIpc) is 2.95. The third-order valence-corrected chi connectivity index (χ3v) is 4.69. The normalized spacial score (nSPS) is 11.1. The van der Waals surface area contributed by atoms with Crippen LogP contribution in [0.5, 0.6) is 0 Å². The van der Waals surface area contributed by atoms with Crippen molar-refractivity contribution in [3.8, 4) is 6.07 Å². The number of carbonyl (C=O) groups is 1. The number of hydrogen-bond acceptors (Lipinski definition) is 3. The van der Waals surface area contributed by atoms with Gasteiger partial charge in [0.1, 0.15) is 16.8 Å². The van der Waals surface area contributed by atoms with Gasteiger partial charge in [-0.15, -0.1) is 0 Å². The molecule has 0 bridgehead atoms. The van der Waals surface area contributed by atoms with Gasteiger partial charge in [0.25, 0.3) is 5.91 Å². The molecule has 0 fully saturated rings. The molecule has 28 heavy (non-hydrogen) atoms. The minimum atomic E-state index is -0.505. The number of hydrogen-bond donors (Lipinski definition) is 1. The molecular formula is C21H16Cl2N4O. The summed E-state index contributed by atoms with van der Waals surface area (Å²) in [7, 11) is 0. The Morgan fingerprint density at radius 1 is 1.18 bits per heavy atom. The van der Waals surface area contributed by atoms with E-state index in [4.69, 9.17) is 23.2 Å². The van der Waals surface area contributed by atoms with E-state index in [-0.39, 0.29) is 5.57 Å². The summed E-state index contributed by atoms with van der Waals surface area (Å²) in [6.45, 7) is 2.23. The van der Waals surface area contributed by atoms with Crippen molar-refractivity contribution in [3.05, 3.63) is 87.2 Å². The molecule has 0 unspecified atom stereocenters. The Morgan fingerprint density at radius 2 is 1.86 bits per heavy atom. The first-order valence-electron chi connectivity index (χ1n) is 8.43. The van der Waals surface area contributed by atoms with E-state index < -0.39 is 5.91 Å². The number of aromatic nitrogens is 2.